The number of nitrogens with two attached hydrogens (primary N) is 1. The maximum Gasteiger partial charge on any atom is 0.228 e. The number of anilines is 1. The third-order valence-corrected chi connectivity index (χ3v) is 1.02. The molecule has 1 heterocycles. The molecule has 0 aromatic carbocycles. The zero-order valence-electron chi connectivity index (χ0n) is 5.13. The predicted molar refractivity (Wildman–Crippen MR) is 36.5 cm³/mol. The maximum atomic E-state index is 12.5. The van der Waals surface area contributed by atoms with Gasteiger partial charge in [0.2, 0.25) is 5.95 Å². The van der Waals surface area contributed by atoms with Gasteiger partial charge in [-0.3, -0.25) is 0 Å². The molecule has 3 heteroatoms. The second-order valence-electron chi connectivity index (χ2n) is 1.75. The summed E-state index contributed by atoms with van der Waals surface area (Å²) in [4.78, 5) is 3.32. The lowest BCUT2D eigenvalue weighted by Crippen LogP contribution is -1.92. The van der Waals surface area contributed by atoms with Crippen molar-refractivity contribution in [3.63, 3.8) is 0 Å². The third kappa shape index (κ3) is 1.06. The lowest BCUT2D eigenvalue weighted by molar-refractivity contribution is 0.581. The summed E-state index contributed by atoms with van der Waals surface area (Å²) in [5.74, 6) is 1.46. The van der Waals surface area contributed by atoms with E-state index in [2.05, 4.69) is 10.9 Å². The van der Waals surface area contributed by atoms with Crippen molar-refractivity contribution >= 4 is 5.69 Å². The van der Waals surface area contributed by atoms with E-state index >= 15 is 0 Å². The highest BCUT2D eigenvalue weighted by atomic mass is 19.1. The lowest BCUT2D eigenvalue weighted by Gasteiger charge is -1.93. The zero-order chi connectivity index (χ0) is 7.56. The van der Waals surface area contributed by atoms with Crippen LogP contribution in [0.2, 0.25) is 0 Å². The van der Waals surface area contributed by atoms with Crippen LogP contribution in [0.1, 0.15) is 5.56 Å². The van der Waals surface area contributed by atoms with Crippen molar-refractivity contribution in [1.29, 1.82) is 0 Å². The van der Waals surface area contributed by atoms with Gasteiger partial charge in [0, 0.05) is 0 Å². The maximum absolute atomic E-state index is 12.5. The quantitative estimate of drug-likeness (QED) is 0.423. The van der Waals surface area contributed by atoms with Crippen LogP contribution >= 0.6 is 0 Å². The molecule has 1 aromatic heterocycles. The second kappa shape index (κ2) is 2.36. The van der Waals surface area contributed by atoms with Crippen LogP contribution in [0.15, 0.2) is 12.3 Å². The van der Waals surface area contributed by atoms with Crippen LogP contribution in [0.4, 0.5) is 10.1 Å². The predicted octanol–water partition coefficient (Wildman–Crippen LogP) is 0.784. The van der Waals surface area contributed by atoms with Gasteiger partial charge >= 0.3 is 0 Å². The summed E-state index contributed by atoms with van der Waals surface area (Å²) < 4.78 is 12.5. The van der Waals surface area contributed by atoms with Crippen molar-refractivity contribution in [2.45, 2.75) is 0 Å². The van der Waals surface area contributed by atoms with Crippen LogP contribution in [0.25, 0.3) is 0 Å². The third-order valence-electron chi connectivity index (χ3n) is 1.02. The van der Waals surface area contributed by atoms with Gasteiger partial charge in [-0.2, -0.15) is 4.39 Å². The Hall–Kier alpha value is -1.56. The molecule has 0 bridgehead atoms. The van der Waals surface area contributed by atoms with Crippen molar-refractivity contribution in [3.8, 4) is 12.3 Å². The van der Waals surface area contributed by atoms with Gasteiger partial charge in [0.05, 0.1) is 17.4 Å². The summed E-state index contributed by atoms with van der Waals surface area (Å²) in [5.41, 5.74) is 5.75. The molecule has 0 radical (unpaired) electrons. The van der Waals surface area contributed by atoms with E-state index in [-0.39, 0.29) is 5.56 Å². The van der Waals surface area contributed by atoms with E-state index in [0.29, 0.717) is 5.69 Å². The first-order valence-electron chi connectivity index (χ1n) is 2.61. The average Bonchev–Trinajstić information content (AvgIpc) is 1.94. The summed E-state index contributed by atoms with van der Waals surface area (Å²) in [7, 11) is 0. The minimum atomic E-state index is -0.656. The fraction of sp³-hybridized carbons (Fsp3) is 0. The SMILES string of the molecule is C#Cc1cc(N)cnc1F. The van der Waals surface area contributed by atoms with Crippen molar-refractivity contribution in [2.75, 3.05) is 5.73 Å². The number of hydrogen-bond donors (Lipinski definition) is 1. The van der Waals surface area contributed by atoms with E-state index in [4.69, 9.17) is 12.2 Å². The second-order valence-corrected chi connectivity index (χ2v) is 1.75. The zero-order valence-corrected chi connectivity index (χ0v) is 5.13. The number of nitrogens with zero attached hydrogens (tertiary/aromatic N) is 1. The Morgan fingerprint density at radius 3 is 2.90 bits per heavy atom. The molecule has 0 fully saturated rings. The fourth-order valence-electron chi connectivity index (χ4n) is 0.565. The molecule has 0 saturated carbocycles. The molecule has 0 aliphatic heterocycles. The van der Waals surface area contributed by atoms with Gasteiger partial charge < -0.3 is 5.73 Å². The van der Waals surface area contributed by atoms with E-state index in [9.17, 15) is 4.39 Å². The Balaban J connectivity index is 3.25. The summed E-state index contributed by atoms with van der Waals surface area (Å²) in [6.45, 7) is 0. The minimum absolute atomic E-state index is 0.0972. The Morgan fingerprint density at radius 1 is 1.70 bits per heavy atom. The Morgan fingerprint density at radius 2 is 2.40 bits per heavy atom. The Kier molecular flexibility index (Phi) is 1.55. The normalized spacial score (nSPS) is 8.80. The minimum Gasteiger partial charge on any atom is -0.397 e. The summed E-state index contributed by atoms with van der Waals surface area (Å²) >= 11 is 0. The van der Waals surface area contributed by atoms with Crippen LogP contribution in [0, 0.1) is 18.3 Å². The monoisotopic (exact) mass is 136 g/mol. The molecular formula is C7H5FN2. The smallest absolute Gasteiger partial charge is 0.228 e. The molecule has 2 nitrogen and oxygen atoms in total. The van der Waals surface area contributed by atoms with E-state index in [1.807, 2.05) is 0 Å². The number of hydrogen-bond acceptors (Lipinski definition) is 2. The highest BCUT2D eigenvalue weighted by molar-refractivity contribution is 5.43. The molecule has 0 aliphatic carbocycles. The standard InChI is InChI=1S/C7H5FN2/c1-2-5-3-6(9)4-10-7(5)8/h1,3-4H,9H2. The van der Waals surface area contributed by atoms with Crippen molar-refractivity contribution in [1.82, 2.24) is 4.98 Å². The van der Waals surface area contributed by atoms with Crippen LogP contribution in [0.5, 0.6) is 0 Å². The molecule has 50 valence electrons. The van der Waals surface area contributed by atoms with Crippen molar-refractivity contribution in [3.05, 3.63) is 23.8 Å². The number of rotatable bonds is 0. The summed E-state index contributed by atoms with van der Waals surface area (Å²) in [5, 5.41) is 0. The number of pyridine rings is 1. The fourth-order valence-corrected chi connectivity index (χ4v) is 0.565. The van der Waals surface area contributed by atoms with Crippen LogP contribution in [0.3, 0.4) is 0 Å². The first kappa shape index (κ1) is 6.56. The van der Waals surface area contributed by atoms with Gasteiger partial charge in [0.1, 0.15) is 0 Å². The molecule has 0 spiro atoms. The summed E-state index contributed by atoms with van der Waals surface area (Å²) in [6, 6.07) is 1.36. The molecule has 0 amide bonds. The Bertz CT molecular complexity index is 288. The molecule has 0 saturated heterocycles. The molecular weight excluding hydrogens is 131 g/mol. The number of halogens is 1. The van der Waals surface area contributed by atoms with Gasteiger partial charge in [-0.15, -0.1) is 6.42 Å². The van der Waals surface area contributed by atoms with Crippen molar-refractivity contribution in [2.24, 2.45) is 0 Å². The van der Waals surface area contributed by atoms with Crippen molar-refractivity contribution < 1.29 is 4.39 Å². The molecule has 0 aliphatic rings. The van der Waals surface area contributed by atoms with E-state index in [1.54, 1.807) is 0 Å². The molecule has 1 aromatic rings. The van der Waals surface area contributed by atoms with E-state index < -0.39 is 5.95 Å². The molecule has 2 N–H and O–H groups in total. The van der Waals surface area contributed by atoms with Gasteiger partial charge in [-0.1, -0.05) is 5.92 Å². The number of nitrogen functional groups attached to an aromatic ring is 1. The topological polar surface area (TPSA) is 38.9 Å². The highest BCUT2D eigenvalue weighted by Gasteiger charge is 1.98. The average molecular weight is 136 g/mol. The van der Waals surface area contributed by atoms with Crippen LogP contribution in [-0.2, 0) is 0 Å². The van der Waals surface area contributed by atoms with Gasteiger partial charge in [0.15, 0.2) is 0 Å². The first-order valence-corrected chi connectivity index (χ1v) is 2.61. The lowest BCUT2D eigenvalue weighted by atomic mass is 10.3. The highest BCUT2D eigenvalue weighted by Crippen LogP contribution is 2.06. The van der Waals surface area contributed by atoms with Gasteiger partial charge in [-0.25, -0.2) is 4.98 Å². The molecule has 10 heavy (non-hydrogen) atoms. The van der Waals surface area contributed by atoms with Gasteiger partial charge in [0.25, 0.3) is 0 Å². The largest absolute Gasteiger partial charge is 0.397 e. The number of aromatic nitrogens is 1. The summed E-state index contributed by atoms with van der Waals surface area (Å²) in [6.07, 6.45) is 6.15. The van der Waals surface area contributed by atoms with Crippen LogP contribution in [-0.4, -0.2) is 4.98 Å². The van der Waals surface area contributed by atoms with Gasteiger partial charge in [-0.05, 0) is 6.07 Å². The first-order chi connectivity index (χ1) is 4.74. The number of terminal acetylenes is 1. The van der Waals surface area contributed by atoms with Crippen LogP contribution < -0.4 is 5.73 Å². The molecule has 1 rings (SSSR count). The Labute approximate surface area is 57.9 Å². The molecule has 0 atom stereocenters. The molecule has 0 unspecified atom stereocenters. The van der Waals surface area contributed by atoms with E-state index in [1.165, 1.54) is 12.3 Å². The van der Waals surface area contributed by atoms with E-state index in [0.717, 1.165) is 0 Å².